The van der Waals surface area contributed by atoms with Crippen LogP contribution < -0.4 is 5.32 Å². The Balaban J connectivity index is 1.81. The predicted octanol–water partition coefficient (Wildman–Crippen LogP) is 3.88. The van der Waals surface area contributed by atoms with E-state index in [-0.39, 0.29) is 17.4 Å². The highest BCUT2D eigenvalue weighted by atomic mass is 35.5. The third-order valence-corrected chi connectivity index (χ3v) is 6.73. The first kappa shape index (κ1) is 19.2. The van der Waals surface area contributed by atoms with Crippen LogP contribution in [-0.4, -0.2) is 33.4 Å². The first-order valence-corrected chi connectivity index (χ1v) is 11.3. The van der Waals surface area contributed by atoms with Crippen molar-refractivity contribution in [2.45, 2.75) is 63.0 Å². The summed E-state index contributed by atoms with van der Waals surface area (Å²) in [4.78, 5) is 0. The second-order valence-electron chi connectivity index (χ2n) is 7.83. The molecule has 3 atom stereocenters. The topological polar surface area (TPSA) is 55.4 Å². The molecule has 1 aromatic rings. The van der Waals surface area contributed by atoms with E-state index >= 15 is 0 Å². The fourth-order valence-electron chi connectivity index (χ4n) is 4.24. The number of nitrogens with one attached hydrogen (secondary N) is 1. The average molecular weight is 386 g/mol. The third kappa shape index (κ3) is 4.76. The van der Waals surface area contributed by atoms with Gasteiger partial charge in [0, 0.05) is 17.6 Å². The maximum atomic E-state index is 11.9. The molecule has 1 aliphatic heterocycles. The summed E-state index contributed by atoms with van der Waals surface area (Å²) in [5, 5.41) is 4.20. The lowest BCUT2D eigenvalue weighted by atomic mass is 9.60. The summed E-state index contributed by atoms with van der Waals surface area (Å²) in [6.45, 7) is 2.99. The van der Waals surface area contributed by atoms with E-state index in [1.807, 2.05) is 12.1 Å². The lowest BCUT2D eigenvalue weighted by Crippen LogP contribution is -2.47. The van der Waals surface area contributed by atoms with Crippen LogP contribution in [0.5, 0.6) is 0 Å². The number of halogens is 1. The summed E-state index contributed by atoms with van der Waals surface area (Å²) in [5.41, 5.74) is 1.27. The van der Waals surface area contributed by atoms with Crippen LogP contribution in [0.25, 0.3) is 0 Å². The highest BCUT2D eigenvalue weighted by molar-refractivity contribution is 7.86. The van der Waals surface area contributed by atoms with Gasteiger partial charge in [0.2, 0.25) is 0 Å². The van der Waals surface area contributed by atoms with E-state index in [4.69, 9.17) is 15.8 Å². The van der Waals surface area contributed by atoms with Crippen molar-refractivity contribution in [3.8, 4) is 0 Å². The Bertz CT molecular complexity index is 677. The van der Waals surface area contributed by atoms with E-state index in [1.165, 1.54) is 12.0 Å². The highest BCUT2D eigenvalue weighted by Gasteiger charge is 2.43. The lowest BCUT2D eigenvalue weighted by molar-refractivity contribution is 0.0602. The van der Waals surface area contributed by atoms with Crippen LogP contribution in [0.3, 0.4) is 0 Å². The molecule has 1 heterocycles. The zero-order valence-corrected chi connectivity index (χ0v) is 16.6. The van der Waals surface area contributed by atoms with Crippen LogP contribution >= 0.6 is 11.6 Å². The van der Waals surface area contributed by atoms with Crippen LogP contribution in [0.2, 0.25) is 5.02 Å². The van der Waals surface area contributed by atoms with Crippen molar-refractivity contribution in [1.82, 2.24) is 5.32 Å². The molecule has 4 nitrogen and oxygen atoms in total. The maximum Gasteiger partial charge on any atom is 0.264 e. The summed E-state index contributed by atoms with van der Waals surface area (Å²) in [6, 6.07) is 8.50. The third-order valence-electron chi connectivity index (χ3n) is 5.88. The molecular weight excluding hydrogens is 358 g/mol. The molecule has 1 saturated carbocycles. The molecular formula is C19H28ClNO3S. The number of benzene rings is 1. The standard InChI is InChI=1S/C19H28ClNO3S/c1-14-4-5-15(13-21-14)18(24-25(2,22)23)12-19(10-3-11-19)16-6-8-17(20)9-7-16/h6-9,14-15,18,21H,3-5,10-13H2,1-2H3. The monoisotopic (exact) mass is 385 g/mol. The van der Waals surface area contributed by atoms with Crippen LogP contribution in [-0.2, 0) is 19.7 Å². The molecule has 0 radical (unpaired) electrons. The Hall–Kier alpha value is -0.620. The minimum Gasteiger partial charge on any atom is -0.314 e. The Morgan fingerprint density at radius 1 is 1.28 bits per heavy atom. The van der Waals surface area contributed by atoms with Gasteiger partial charge in [-0.2, -0.15) is 8.42 Å². The second kappa shape index (κ2) is 7.55. The molecule has 2 fully saturated rings. The Kier molecular flexibility index (Phi) is 5.78. The molecule has 0 spiro atoms. The van der Waals surface area contributed by atoms with E-state index < -0.39 is 10.1 Å². The molecule has 1 N–H and O–H groups in total. The maximum absolute atomic E-state index is 11.9. The van der Waals surface area contributed by atoms with Crippen molar-refractivity contribution >= 4 is 21.7 Å². The quantitative estimate of drug-likeness (QED) is 0.755. The molecule has 0 bridgehead atoms. The van der Waals surface area contributed by atoms with Gasteiger partial charge in [-0.05, 0) is 68.1 Å². The molecule has 3 unspecified atom stereocenters. The van der Waals surface area contributed by atoms with Gasteiger partial charge in [-0.25, -0.2) is 0 Å². The van der Waals surface area contributed by atoms with E-state index in [0.29, 0.717) is 6.04 Å². The van der Waals surface area contributed by atoms with Gasteiger partial charge in [-0.15, -0.1) is 0 Å². The van der Waals surface area contributed by atoms with Crippen molar-refractivity contribution < 1.29 is 12.6 Å². The van der Waals surface area contributed by atoms with Crippen LogP contribution in [0.1, 0.15) is 51.0 Å². The first-order chi connectivity index (χ1) is 11.8. The van der Waals surface area contributed by atoms with Gasteiger partial charge in [0.05, 0.1) is 12.4 Å². The summed E-state index contributed by atoms with van der Waals surface area (Å²) < 4.78 is 29.3. The van der Waals surface area contributed by atoms with Crippen molar-refractivity contribution in [2.24, 2.45) is 5.92 Å². The highest BCUT2D eigenvalue weighted by Crippen LogP contribution is 2.49. The molecule has 25 heavy (non-hydrogen) atoms. The van der Waals surface area contributed by atoms with Gasteiger partial charge in [-0.1, -0.05) is 30.2 Å². The van der Waals surface area contributed by atoms with E-state index in [0.717, 1.165) is 49.9 Å². The summed E-state index contributed by atoms with van der Waals surface area (Å²) in [7, 11) is -3.48. The van der Waals surface area contributed by atoms with Crippen molar-refractivity contribution in [2.75, 3.05) is 12.8 Å². The molecule has 1 saturated heterocycles. The van der Waals surface area contributed by atoms with Gasteiger partial charge < -0.3 is 5.32 Å². The predicted molar refractivity (Wildman–Crippen MR) is 102 cm³/mol. The Morgan fingerprint density at radius 2 is 1.96 bits per heavy atom. The fourth-order valence-corrected chi connectivity index (χ4v) is 5.04. The van der Waals surface area contributed by atoms with E-state index in [2.05, 4.69) is 24.4 Å². The van der Waals surface area contributed by atoms with E-state index in [9.17, 15) is 8.42 Å². The molecule has 140 valence electrons. The second-order valence-corrected chi connectivity index (χ2v) is 9.87. The van der Waals surface area contributed by atoms with Gasteiger partial charge in [-0.3, -0.25) is 4.18 Å². The Morgan fingerprint density at radius 3 is 2.44 bits per heavy atom. The lowest BCUT2D eigenvalue weighted by Gasteiger charge is -2.46. The van der Waals surface area contributed by atoms with Crippen molar-refractivity contribution in [1.29, 1.82) is 0 Å². The van der Waals surface area contributed by atoms with Gasteiger partial charge in [0.25, 0.3) is 10.1 Å². The molecule has 2 aliphatic rings. The molecule has 0 amide bonds. The molecule has 1 aromatic carbocycles. The summed E-state index contributed by atoms with van der Waals surface area (Å²) >= 11 is 6.04. The average Bonchev–Trinajstić information content (AvgIpc) is 2.50. The van der Waals surface area contributed by atoms with Gasteiger partial charge in [0.15, 0.2) is 0 Å². The molecule has 3 rings (SSSR count). The minimum absolute atomic E-state index is 0.0169. The zero-order chi connectivity index (χ0) is 18.1. The number of hydrogen-bond donors (Lipinski definition) is 1. The van der Waals surface area contributed by atoms with E-state index in [1.54, 1.807) is 0 Å². The number of piperidine rings is 1. The van der Waals surface area contributed by atoms with Crippen LogP contribution in [0.15, 0.2) is 24.3 Å². The summed E-state index contributed by atoms with van der Waals surface area (Å²) in [6.07, 6.45) is 7.04. The molecule has 6 heteroatoms. The number of rotatable bonds is 6. The molecule has 0 aromatic heterocycles. The van der Waals surface area contributed by atoms with Crippen molar-refractivity contribution in [3.63, 3.8) is 0 Å². The molecule has 1 aliphatic carbocycles. The number of hydrogen-bond acceptors (Lipinski definition) is 4. The Labute approximate surface area is 156 Å². The largest absolute Gasteiger partial charge is 0.314 e. The summed E-state index contributed by atoms with van der Waals surface area (Å²) in [5.74, 6) is 0.232. The zero-order valence-electron chi connectivity index (χ0n) is 15.0. The van der Waals surface area contributed by atoms with Crippen LogP contribution in [0.4, 0.5) is 0 Å². The van der Waals surface area contributed by atoms with Crippen LogP contribution in [0, 0.1) is 5.92 Å². The minimum atomic E-state index is -3.48. The van der Waals surface area contributed by atoms with Crippen molar-refractivity contribution in [3.05, 3.63) is 34.9 Å². The fraction of sp³-hybridized carbons (Fsp3) is 0.684. The smallest absolute Gasteiger partial charge is 0.264 e. The SMILES string of the molecule is CC1CCC(C(CC2(c3ccc(Cl)cc3)CCC2)OS(C)(=O)=O)CN1. The van der Waals surface area contributed by atoms with Gasteiger partial charge in [0.1, 0.15) is 0 Å². The van der Waals surface area contributed by atoms with Gasteiger partial charge >= 0.3 is 0 Å². The first-order valence-electron chi connectivity index (χ1n) is 9.15. The normalized spacial score (nSPS) is 27.5.